The summed E-state index contributed by atoms with van der Waals surface area (Å²) in [5.74, 6) is -2.06. The molecule has 1 N–H and O–H groups in total. The molecule has 0 unspecified atom stereocenters. The van der Waals surface area contributed by atoms with Gasteiger partial charge in [-0.15, -0.1) is 0 Å². The molecule has 0 saturated heterocycles. The van der Waals surface area contributed by atoms with Crippen LogP contribution in [0.15, 0.2) is 18.2 Å². The average Bonchev–Trinajstić information content (AvgIpc) is 2.84. The number of aromatic nitrogens is 2. The van der Waals surface area contributed by atoms with Gasteiger partial charge in [0.25, 0.3) is 11.6 Å². The first-order chi connectivity index (χ1) is 12.9. The summed E-state index contributed by atoms with van der Waals surface area (Å²) >= 11 is 5.88. The molecule has 0 aliphatic rings. The van der Waals surface area contributed by atoms with Crippen LogP contribution in [0.3, 0.4) is 0 Å². The molecule has 0 fully saturated rings. The molecule has 0 bridgehead atoms. The number of anilines is 1. The number of alkyl halides is 3. The van der Waals surface area contributed by atoms with E-state index in [0.29, 0.717) is 6.07 Å². The van der Waals surface area contributed by atoms with Gasteiger partial charge < -0.3 is 10.1 Å². The lowest BCUT2D eigenvalue weighted by Gasteiger charge is -2.13. The Bertz CT molecular complexity index is 958. The maximum Gasteiger partial charge on any atom is 0.418 e. The van der Waals surface area contributed by atoms with Crippen molar-refractivity contribution in [2.75, 3.05) is 11.9 Å². The number of aryl methyl sites for hydroxylation is 2. The lowest BCUT2D eigenvalue weighted by atomic mass is 10.1. The van der Waals surface area contributed by atoms with Crippen LogP contribution in [0.5, 0.6) is 0 Å². The Kier molecular flexibility index (Phi) is 5.92. The van der Waals surface area contributed by atoms with Gasteiger partial charge >= 0.3 is 12.1 Å². The van der Waals surface area contributed by atoms with Crippen molar-refractivity contribution in [3.8, 4) is 0 Å². The summed E-state index contributed by atoms with van der Waals surface area (Å²) in [6.45, 7) is 0.576. The van der Waals surface area contributed by atoms with Gasteiger partial charge in [0.1, 0.15) is 10.7 Å². The smallest absolute Gasteiger partial charge is 0.418 e. The maximum absolute atomic E-state index is 13.1. The number of hydrogen-bond donors (Lipinski definition) is 1. The molecular formula is C15H12ClF3N4O5. The normalized spacial score (nSPS) is 11.2. The van der Waals surface area contributed by atoms with Gasteiger partial charge in [0.05, 0.1) is 21.9 Å². The van der Waals surface area contributed by atoms with E-state index in [1.807, 2.05) is 5.32 Å². The molecule has 9 nitrogen and oxygen atoms in total. The van der Waals surface area contributed by atoms with Gasteiger partial charge in [0.2, 0.25) is 0 Å². The number of amides is 1. The molecule has 1 heterocycles. The summed E-state index contributed by atoms with van der Waals surface area (Å²) in [5, 5.41) is 16.4. The van der Waals surface area contributed by atoms with Crippen molar-refractivity contribution in [3.63, 3.8) is 0 Å². The number of ether oxygens (including phenoxy) is 1. The van der Waals surface area contributed by atoms with E-state index in [0.717, 1.165) is 12.1 Å². The van der Waals surface area contributed by atoms with Crippen molar-refractivity contribution in [1.29, 1.82) is 0 Å². The maximum atomic E-state index is 13.1. The number of nitro groups is 1. The number of nitrogens with one attached hydrogen (secondary N) is 1. The highest BCUT2D eigenvalue weighted by Gasteiger charge is 2.35. The Morgan fingerprint density at radius 2 is 2.04 bits per heavy atom. The highest BCUT2D eigenvalue weighted by Crippen LogP contribution is 2.37. The Labute approximate surface area is 160 Å². The topological polar surface area (TPSA) is 116 Å². The number of rotatable bonds is 5. The first kappa shape index (κ1) is 21.2. The molecule has 150 valence electrons. The van der Waals surface area contributed by atoms with Crippen molar-refractivity contribution < 1.29 is 32.4 Å². The SMILES string of the molecule is Cc1nn(C)c(Cl)c1C(=O)OCC(=O)Nc1ccc([N+](=O)[O-])cc1C(F)(F)F. The number of non-ortho nitro benzene ring substituents is 1. The largest absolute Gasteiger partial charge is 0.452 e. The second kappa shape index (κ2) is 7.84. The van der Waals surface area contributed by atoms with Gasteiger partial charge in [-0.2, -0.15) is 18.3 Å². The zero-order chi connectivity index (χ0) is 21.2. The number of nitrogens with zero attached hydrogens (tertiary/aromatic N) is 3. The third-order valence-corrected chi connectivity index (χ3v) is 3.92. The van der Waals surface area contributed by atoms with Gasteiger partial charge in [-0.05, 0) is 13.0 Å². The molecule has 13 heteroatoms. The van der Waals surface area contributed by atoms with Crippen LogP contribution in [-0.4, -0.2) is 33.2 Å². The Morgan fingerprint density at radius 1 is 1.39 bits per heavy atom. The highest BCUT2D eigenvalue weighted by molar-refractivity contribution is 6.32. The molecule has 0 radical (unpaired) electrons. The monoisotopic (exact) mass is 420 g/mol. The van der Waals surface area contributed by atoms with E-state index >= 15 is 0 Å². The number of nitro benzene ring substituents is 1. The van der Waals surface area contributed by atoms with Crippen molar-refractivity contribution in [1.82, 2.24) is 9.78 Å². The fraction of sp³-hybridized carbons (Fsp3) is 0.267. The number of benzene rings is 1. The first-order valence-corrected chi connectivity index (χ1v) is 7.81. The molecular weight excluding hydrogens is 409 g/mol. The molecule has 0 spiro atoms. The Hall–Kier alpha value is -3.15. The van der Waals surface area contributed by atoms with E-state index in [1.54, 1.807) is 0 Å². The van der Waals surface area contributed by atoms with E-state index < -0.39 is 46.5 Å². The van der Waals surface area contributed by atoms with Crippen LogP contribution in [-0.2, 0) is 22.8 Å². The molecule has 1 aromatic heterocycles. The van der Waals surface area contributed by atoms with Crippen LogP contribution >= 0.6 is 11.6 Å². The fourth-order valence-corrected chi connectivity index (χ4v) is 2.49. The van der Waals surface area contributed by atoms with E-state index in [2.05, 4.69) is 5.10 Å². The summed E-state index contributed by atoms with van der Waals surface area (Å²) in [6.07, 6.45) is -4.95. The summed E-state index contributed by atoms with van der Waals surface area (Å²) < 4.78 is 45.2. The van der Waals surface area contributed by atoms with E-state index in [-0.39, 0.29) is 16.4 Å². The van der Waals surface area contributed by atoms with Crippen molar-refractivity contribution >= 4 is 34.9 Å². The summed E-state index contributed by atoms with van der Waals surface area (Å²) in [6, 6.07) is 1.83. The zero-order valence-corrected chi connectivity index (χ0v) is 15.1. The Morgan fingerprint density at radius 3 is 2.54 bits per heavy atom. The Balaban J connectivity index is 2.13. The number of hydrogen-bond acceptors (Lipinski definition) is 6. The molecule has 1 amide bonds. The molecule has 0 aliphatic carbocycles. The quantitative estimate of drug-likeness (QED) is 0.451. The second-order valence-electron chi connectivity index (χ2n) is 5.48. The van der Waals surface area contributed by atoms with Gasteiger partial charge in [0.15, 0.2) is 6.61 Å². The summed E-state index contributed by atoms with van der Waals surface area (Å²) in [5.41, 5.74) is -2.75. The molecule has 1 aromatic carbocycles. The zero-order valence-electron chi connectivity index (χ0n) is 14.3. The standard InChI is InChI=1S/C15H12ClF3N4O5/c1-7-12(13(16)22(2)21-7)14(25)28-6-11(24)20-10-4-3-8(23(26)27)5-9(10)15(17,18)19/h3-5H,6H2,1-2H3,(H,20,24). The van der Waals surface area contributed by atoms with Gasteiger partial charge in [-0.25, -0.2) is 4.79 Å². The molecule has 0 aliphatic heterocycles. The lowest BCUT2D eigenvalue weighted by molar-refractivity contribution is -0.385. The highest BCUT2D eigenvalue weighted by atomic mass is 35.5. The van der Waals surface area contributed by atoms with Crippen LogP contribution in [0, 0.1) is 17.0 Å². The van der Waals surface area contributed by atoms with Crippen LogP contribution in [0.4, 0.5) is 24.5 Å². The molecule has 28 heavy (non-hydrogen) atoms. The number of halogens is 4. The van der Waals surface area contributed by atoms with E-state index in [4.69, 9.17) is 16.3 Å². The molecule has 0 saturated carbocycles. The minimum atomic E-state index is -4.95. The number of esters is 1. The number of carbonyl (C=O) groups is 2. The third kappa shape index (κ3) is 4.57. The third-order valence-electron chi connectivity index (χ3n) is 3.48. The minimum absolute atomic E-state index is 0.0300. The first-order valence-electron chi connectivity index (χ1n) is 7.43. The number of carbonyl (C=O) groups excluding carboxylic acids is 2. The van der Waals surface area contributed by atoms with Crippen molar-refractivity contribution in [2.45, 2.75) is 13.1 Å². The van der Waals surface area contributed by atoms with Crippen LogP contribution in [0.1, 0.15) is 21.6 Å². The van der Waals surface area contributed by atoms with E-state index in [1.165, 1.54) is 18.7 Å². The van der Waals surface area contributed by atoms with E-state index in [9.17, 15) is 32.9 Å². The van der Waals surface area contributed by atoms with Crippen molar-refractivity contribution in [2.24, 2.45) is 7.05 Å². The lowest BCUT2D eigenvalue weighted by Crippen LogP contribution is -2.23. The molecule has 2 aromatic rings. The summed E-state index contributed by atoms with van der Waals surface area (Å²) in [4.78, 5) is 33.5. The van der Waals surface area contributed by atoms with Crippen LogP contribution in [0.2, 0.25) is 5.15 Å². The van der Waals surface area contributed by atoms with Gasteiger partial charge in [0, 0.05) is 19.2 Å². The summed E-state index contributed by atoms with van der Waals surface area (Å²) in [7, 11) is 1.48. The van der Waals surface area contributed by atoms with Crippen LogP contribution in [0.25, 0.3) is 0 Å². The predicted octanol–water partition coefficient (Wildman–Crippen LogP) is 3.10. The predicted molar refractivity (Wildman–Crippen MR) is 90.0 cm³/mol. The van der Waals surface area contributed by atoms with Gasteiger partial charge in [-0.1, -0.05) is 11.6 Å². The average molecular weight is 421 g/mol. The van der Waals surface area contributed by atoms with Crippen molar-refractivity contribution in [3.05, 3.63) is 50.3 Å². The van der Waals surface area contributed by atoms with Gasteiger partial charge in [-0.3, -0.25) is 19.6 Å². The molecule has 0 atom stereocenters. The minimum Gasteiger partial charge on any atom is -0.452 e. The fourth-order valence-electron chi connectivity index (χ4n) is 2.24. The second-order valence-corrected chi connectivity index (χ2v) is 5.84. The molecule has 2 rings (SSSR count). The van der Waals surface area contributed by atoms with Crippen LogP contribution < -0.4 is 5.32 Å².